The fourth-order valence-corrected chi connectivity index (χ4v) is 8.95. The van der Waals surface area contributed by atoms with Gasteiger partial charge in [-0.25, -0.2) is 0 Å². The highest BCUT2D eigenvalue weighted by Gasteiger charge is 2.51. The van der Waals surface area contributed by atoms with Crippen LogP contribution < -0.4 is 10.4 Å². The molecular weight excluding hydrogens is 368 g/mol. The van der Waals surface area contributed by atoms with E-state index >= 15 is 0 Å². The summed E-state index contributed by atoms with van der Waals surface area (Å²) in [4.78, 5) is 0. The van der Waals surface area contributed by atoms with Gasteiger partial charge in [-0.05, 0) is 21.8 Å². The summed E-state index contributed by atoms with van der Waals surface area (Å²) in [6.07, 6.45) is 11.0. The largest absolute Gasteiger partial charge is 0.401 e. The minimum absolute atomic E-state index is 0.0120. The van der Waals surface area contributed by atoms with Crippen LogP contribution in [0.4, 0.5) is 0 Å². The van der Waals surface area contributed by atoms with Crippen LogP contribution in [0.2, 0.25) is 5.04 Å². The summed E-state index contributed by atoms with van der Waals surface area (Å²) in [6, 6.07) is 21.8. The van der Waals surface area contributed by atoms with E-state index in [2.05, 4.69) is 94.9 Å². The lowest BCUT2D eigenvalue weighted by Gasteiger charge is -2.44. The van der Waals surface area contributed by atoms with Gasteiger partial charge in [0.2, 0.25) is 0 Å². The first-order valence-corrected chi connectivity index (χ1v) is 13.3. The number of hydrogen-bond donors (Lipinski definition) is 0. The first kappa shape index (κ1) is 23.6. The van der Waals surface area contributed by atoms with Crippen LogP contribution in [0.25, 0.3) is 0 Å². The SMILES string of the molecule is C=CC(CCCCCCCC)O[Si](c1ccccc1)(c1ccccc1)C(C)(C)C. The van der Waals surface area contributed by atoms with Gasteiger partial charge in [0.25, 0.3) is 8.32 Å². The predicted octanol–water partition coefficient (Wildman–Crippen LogP) is 6.87. The Kier molecular flexibility index (Phi) is 9.39. The van der Waals surface area contributed by atoms with E-state index in [1.165, 1.54) is 48.9 Å². The van der Waals surface area contributed by atoms with Gasteiger partial charge in [0.1, 0.15) is 0 Å². The molecule has 0 aliphatic carbocycles. The topological polar surface area (TPSA) is 9.23 Å². The maximum absolute atomic E-state index is 7.17. The Morgan fingerprint density at radius 3 is 1.76 bits per heavy atom. The van der Waals surface area contributed by atoms with Crippen LogP contribution in [0.15, 0.2) is 73.3 Å². The van der Waals surface area contributed by atoms with Crippen molar-refractivity contribution in [3.05, 3.63) is 73.3 Å². The van der Waals surface area contributed by atoms with Gasteiger partial charge in [0, 0.05) is 0 Å². The summed E-state index contributed by atoms with van der Waals surface area (Å²) in [5.74, 6) is 0. The average Bonchev–Trinajstić information content (AvgIpc) is 2.73. The second-order valence-electron chi connectivity index (χ2n) is 9.11. The Morgan fingerprint density at radius 1 is 0.828 bits per heavy atom. The van der Waals surface area contributed by atoms with E-state index in [0.717, 1.165) is 6.42 Å². The zero-order valence-electron chi connectivity index (χ0n) is 19.0. The van der Waals surface area contributed by atoms with Crippen molar-refractivity contribution in [3.63, 3.8) is 0 Å². The lowest BCUT2D eigenvalue weighted by molar-refractivity contribution is 0.218. The third-order valence-electron chi connectivity index (χ3n) is 5.85. The number of hydrogen-bond acceptors (Lipinski definition) is 1. The molecule has 2 aromatic rings. The summed E-state index contributed by atoms with van der Waals surface area (Å²) >= 11 is 0. The van der Waals surface area contributed by atoms with E-state index in [-0.39, 0.29) is 11.1 Å². The highest BCUT2D eigenvalue weighted by molar-refractivity contribution is 6.99. The third-order valence-corrected chi connectivity index (χ3v) is 10.9. The summed E-state index contributed by atoms with van der Waals surface area (Å²) in [5, 5.41) is 2.69. The lowest BCUT2D eigenvalue weighted by atomic mass is 10.1. The highest BCUT2D eigenvalue weighted by atomic mass is 28.4. The molecule has 2 rings (SSSR count). The molecule has 29 heavy (non-hydrogen) atoms. The molecule has 1 nitrogen and oxygen atoms in total. The van der Waals surface area contributed by atoms with E-state index < -0.39 is 8.32 Å². The van der Waals surface area contributed by atoms with E-state index in [9.17, 15) is 0 Å². The molecule has 0 spiro atoms. The fourth-order valence-electron chi connectivity index (χ4n) is 4.27. The molecular formula is C27H40OSi. The van der Waals surface area contributed by atoms with Crippen LogP contribution >= 0.6 is 0 Å². The van der Waals surface area contributed by atoms with E-state index in [1.54, 1.807) is 0 Å². The first-order valence-electron chi connectivity index (χ1n) is 11.4. The Balaban J connectivity index is 2.31. The summed E-state index contributed by atoms with van der Waals surface area (Å²) < 4.78 is 7.17. The molecule has 2 aromatic carbocycles. The molecule has 158 valence electrons. The Bertz CT molecular complexity index is 663. The minimum Gasteiger partial charge on any atom is -0.401 e. The van der Waals surface area contributed by atoms with Crippen LogP contribution in [-0.4, -0.2) is 14.4 Å². The maximum atomic E-state index is 7.17. The second kappa shape index (κ2) is 11.5. The van der Waals surface area contributed by atoms with Crippen LogP contribution in [0.5, 0.6) is 0 Å². The van der Waals surface area contributed by atoms with Crippen molar-refractivity contribution in [2.45, 2.75) is 83.8 Å². The normalized spacial score (nSPS) is 13.2. The fraction of sp³-hybridized carbons (Fsp3) is 0.481. The van der Waals surface area contributed by atoms with Crippen molar-refractivity contribution in [1.29, 1.82) is 0 Å². The molecule has 2 heteroatoms. The van der Waals surface area contributed by atoms with Crippen molar-refractivity contribution in [3.8, 4) is 0 Å². The van der Waals surface area contributed by atoms with Gasteiger partial charge >= 0.3 is 0 Å². The lowest BCUT2D eigenvalue weighted by Crippen LogP contribution is -2.67. The van der Waals surface area contributed by atoms with Crippen LogP contribution in [0, 0.1) is 0 Å². The van der Waals surface area contributed by atoms with Gasteiger partial charge in [-0.15, -0.1) is 6.58 Å². The molecule has 0 fully saturated rings. The molecule has 0 aliphatic rings. The van der Waals surface area contributed by atoms with Crippen molar-refractivity contribution in [2.75, 3.05) is 0 Å². The van der Waals surface area contributed by atoms with Crippen LogP contribution in [0.3, 0.4) is 0 Å². The number of unbranched alkanes of at least 4 members (excludes halogenated alkanes) is 5. The monoisotopic (exact) mass is 408 g/mol. The zero-order chi connectivity index (χ0) is 21.2. The van der Waals surface area contributed by atoms with Gasteiger partial charge in [-0.3, -0.25) is 0 Å². The summed E-state index contributed by atoms with van der Waals surface area (Å²) in [7, 11) is -2.49. The molecule has 1 atom stereocenters. The van der Waals surface area contributed by atoms with E-state index in [0.29, 0.717) is 0 Å². The summed E-state index contributed by atoms with van der Waals surface area (Å²) in [6.45, 7) is 13.4. The van der Waals surface area contributed by atoms with Crippen molar-refractivity contribution < 1.29 is 4.43 Å². The van der Waals surface area contributed by atoms with Crippen molar-refractivity contribution in [2.24, 2.45) is 0 Å². The Labute approximate surface area is 180 Å². The zero-order valence-corrected chi connectivity index (χ0v) is 20.0. The van der Waals surface area contributed by atoms with Crippen molar-refractivity contribution in [1.82, 2.24) is 0 Å². The second-order valence-corrected chi connectivity index (χ2v) is 13.4. The molecule has 0 bridgehead atoms. The smallest absolute Gasteiger partial charge is 0.261 e. The summed E-state index contributed by atoms with van der Waals surface area (Å²) in [5.41, 5.74) is 0. The van der Waals surface area contributed by atoms with Crippen LogP contribution in [-0.2, 0) is 4.43 Å². The maximum Gasteiger partial charge on any atom is 0.261 e. The molecule has 0 amide bonds. The van der Waals surface area contributed by atoms with Gasteiger partial charge < -0.3 is 4.43 Å². The quantitative estimate of drug-likeness (QED) is 0.211. The molecule has 0 saturated carbocycles. The molecule has 0 radical (unpaired) electrons. The van der Waals surface area contributed by atoms with Gasteiger partial charge in [0.15, 0.2) is 0 Å². The molecule has 0 aromatic heterocycles. The minimum atomic E-state index is -2.49. The molecule has 0 aliphatic heterocycles. The third kappa shape index (κ3) is 6.17. The van der Waals surface area contributed by atoms with Gasteiger partial charge in [-0.1, -0.05) is 133 Å². The molecule has 0 saturated heterocycles. The predicted molar refractivity (Wildman–Crippen MR) is 131 cm³/mol. The Morgan fingerprint density at radius 2 is 1.31 bits per heavy atom. The van der Waals surface area contributed by atoms with Gasteiger partial charge in [0.05, 0.1) is 6.10 Å². The first-order chi connectivity index (χ1) is 14.0. The Hall–Kier alpha value is -1.64. The van der Waals surface area contributed by atoms with Crippen LogP contribution in [0.1, 0.15) is 72.6 Å². The number of rotatable bonds is 12. The highest BCUT2D eigenvalue weighted by Crippen LogP contribution is 2.38. The molecule has 1 unspecified atom stereocenters. The molecule has 0 heterocycles. The van der Waals surface area contributed by atoms with E-state index in [4.69, 9.17) is 4.43 Å². The molecule has 0 N–H and O–H groups in total. The standard InChI is InChI=1S/C27H40OSi/c1-6-8-9-10-11-14-19-24(7-2)28-29(27(3,4)5,25-20-15-12-16-21-25)26-22-17-13-18-23-26/h7,12-13,15-18,20-24H,2,6,8-11,14,19H2,1,3-5H3. The number of benzene rings is 2. The van der Waals surface area contributed by atoms with Gasteiger partial charge in [-0.2, -0.15) is 0 Å². The average molecular weight is 409 g/mol. The van der Waals surface area contributed by atoms with Crippen molar-refractivity contribution >= 4 is 18.7 Å². The van der Waals surface area contributed by atoms with E-state index in [1.807, 2.05) is 6.08 Å².